The fourth-order valence-electron chi connectivity index (χ4n) is 1.57. The largest absolute Gasteiger partial charge is 0.573 e. The SMILES string of the molecule is CCOC(=O)Cc1nc(CN)cc(OC)c1OC(F)(F)F. The summed E-state index contributed by atoms with van der Waals surface area (Å²) >= 11 is 0. The van der Waals surface area contributed by atoms with E-state index in [1.165, 1.54) is 13.2 Å². The van der Waals surface area contributed by atoms with E-state index in [4.69, 9.17) is 15.2 Å². The second-order valence-electron chi connectivity index (χ2n) is 3.83. The molecule has 118 valence electrons. The molecule has 9 heteroatoms. The van der Waals surface area contributed by atoms with Gasteiger partial charge in [-0.2, -0.15) is 0 Å². The highest BCUT2D eigenvalue weighted by Gasteiger charge is 2.34. The summed E-state index contributed by atoms with van der Waals surface area (Å²) in [6, 6.07) is 1.22. The quantitative estimate of drug-likeness (QED) is 0.803. The maximum absolute atomic E-state index is 12.5. The molecule has 0 radical (unpaired) electrons. The summed E-state index contributed by atoms with van der Waals surface area (Å²) in [4.78, 5) is 15.3. The molecule has 2 N–H and O–H groups in total. The lowest BCUT2D eigenvalue weighted by atomic mass is 10.2. The molecular weight excluding hydrogens is 293 g/mol. The zero-order valence-electron chi connectivity index (χ0n) is 11.5. The number of carbonyl (C=O) groups is 1. The molecule has 21 heavy (non-hydrogen) atoms. The Balaban J connectivity index is 3.24. The number of hydrogen-bond donors (Lipinski definition) is 1. The van der Waals surface area contributed by atoms with Crippen LogP contribution in [-0.2, 0) is 22.5 Å². The topological polar surface area (TPSA) is 83.7 Å². The summed E-state index contributed by atoms with van der Waals surface area (Å²) in [5, 5.41) is 0. The van der Waals surface area contributed by atoms with Gasteiger partial charge in [-0.15, -0.1) is 13.2 Å². The molecule has 0 saturated heterocycles. The molecule has 0 fully saturated rings. The number of nitrogens with two attached hydrogens (primary N) is 1. The van der Waals surface area contributed by atoms with Gasteiger partial charge in [0, 0.05) is 12.6 Å². The number of carbonyl (C=O) groups excluding carboxylic acids is 1. The molecule has 0 aliphatic rings. The van der Waals surface area contributed by atoms with Crippen molar-refractivity contribution >= 4 is 5.97 Å². The second-order valence-corrected chi connectivity index (χ2v) is 3.83. The van der Waals surface area contributed by atoms with Crippen LogP contribution in [0.4, 0.5) is 13.2 Å². The van der Waals surface area contributed by atoms with Crippen LogP contribution in [0.3, 0.4) is 0 Å². The van der Waals surface area contributed by atoms with Crippen LogP contribution >= 0.6 is 0 Å². The van der Waals surface area contributed by atoms with E-state index in [-0.39, 0.29) is 30.3 Å². The molecule has 6 nitrogen and oxygen atoms in total. The first-order valence-corrected chi connectivity index (χ1v) is 5.99. The Morgan fingerprint density at radius 1 is 1.43 bits per heavy atom. The van der Waals surface area contributed by atoms with Crippen molar-refractivity contribution in [3.8, 4) is 11.5 Å². The van der Waals surface area contributed by atoms with Crippen LogP contribution in [0.2, 0.25) is 0 Å². The Bertz CT molecular complexity index is 506. The Hall–Kier alpha value is -2.03. The van der Waals surface area contributed by atoms with Crippen molar-refractivity contribution in [1.29, 1.82) is 0 Å². The Kier molecular flexibility index (Phi) is 5.77. The lowest BCUT2D eigenvalue weighted by molar-refractivity contribution is -0.275. The van der Waals surface area contributed by atoms with Crippen LogP contribution in [0.5, 0.6) is 11.5 Å². The number of pyridine rings is 1. The van der Waals surface area contributed by atoms with E-state index in [1.54, 1.807) is 6.92 Å². The number of alkyl halides is 3. The first-order chi connectivity index (χ1) is 9.80. The number of esters is 1. The fraction of sp³-hybridized carbons (Fsp3) is 0.500. The Morgan fingerprint density at radius 2 is 2.10 bits per heavy atom. The lowest BCUT2D eigenvalue weighted by Gasteiger charge is -2.16. The molecule has 1 heterocycles. The molecule has 0 amide bonds. The molecule has 0 saturated carbocycles. The van der Waals surface area contributed by atoms with E-state index < -0.39 is 24.5 Å². The minimum atomic E-state index is -4.94. The van der Waals surface area contributed by atoms with Crippen LogP contribution in [0.25, 0.3) is 0 Å². The zero-order valence-corrected chi connectivity index (χ0v) is 11.5. The van der Waals surface area contributed by atoms with Crippen LogP contribution in [0.15, 0.2) is 6.07 Å². The smallest absolute Gasteiger partial charge is 0.493 e. The van der Waals surface area contributed by atoms with Gasteiger partial charge in [0.2, 0.25) is 0 Å². The molecule has 0 bridgehead atoms. The molecule has 0 aromatic carbocycles. The van der Waals surface area contributed by atoms with Crippen molar-refractivity contribution in [3.63, 3.8) is 0 Å². The number of rotatable bonds is 6. The van der Waals surface area contributed by atoms with Crippen LogP contribution < -0.4 is 15.2 Å². The Morgan fingerprint density at radius 3 is 2.57 bits per heavy atom. The third kappa shape index (κ3) is 5.10. The van der Waals surface area contributed by atoms with Gasteiger partial charge in [-0.25, -0.2) is 0 Å². The number of halogens is 3. The van der Waals surface area contributed by atoms with Crippen molar-refractivity contribution in [2.45, 2.75) is 26.3 Å². The number of ether oxygens (including phenoxy) is 3. The van der Waals surface area contributed by atoms with Crippen LogP contribution in [-0.4, -0.2) is 31.0 Å². The Labute approximate surface area is 119 Å². The molecule has 1 aromatic rings. The molecule has 1 aromatic heterocycles. The first kappa shape index (κ1) is 17.0. The van der Waals surface area contributed by atoms with E-state index in [1.807, 2.05) is 0 Å². The van der Waals surface area contributed by atoms with Gasteiger partial charge in [0.1, 0.15) is 0 Å². The third-order valence-electron chi connectivity index (χ3n) is 2.33. The highest BCUT2D eigenvalue weighted by molar-refractivity contribution is 5.73. The van der Waals surface area contributed by atoms with Gasteiger partial charge in [0.05, 0.1) is 31.5 Å². The van der Waals surface area contributed by atoms with E-state index in [2.05, 4.69) is 9.72 Å². The summed E-state index contributed by atoms with van der Waals surface area (Å²) in [7, 11) is 1.17. The minimum absolute atomic E-state index is 0.0293. The van der Waals surface area contributed by atoms with Crippen molar-refractivity contribution in [3.05, 3.63) is 17.5 Å². The van der Waals surface area contributed by atoms with Crippen molar-refractivity contribution < 1.29 is 32.2 Å². The molecular formula is C12H15F3N2O4. The predicted octanol–water partition coefficient (Wildman–Crippen LogP) is 1.55. The minimum Gasteiger partial charge on any atom is -0.493 e. The maximum Gasteiger partial charge on any atom is 0.573 e. The van der Waals surface area contributed by atoms with Gasteiger partial charge < -0.3 is 19.9 Å². The van der Waals surface area contributed by atoms with Crippen molar-refractivity contribution in [2.24, 2.45) is 5.73 Å². The summed E-state index contributed by atoms with van der Waals surface area (Å²) in [6.45, 7) is 1.65. The maximum atomic E-state index is 12.5. The van der Waals surface area contributed by atoms with Crippen molar-refractivity contribution in [2.75, 3.05) is 13.7 Å². The summed E-state index contributed by atoms with van der Waals surface area (Å²) in [6.07, 6.45) is -5.42. The summed E-state index contributed by atoms with van der Waals surface area (Å²) in [5.74, 6) is -1.61. The van der Waals surface area contributed by atoms with E-state index in [0.717, 1.165) is 0 Å². The van der Waals surface area contributed by atoms with Crippen LogP contribution in [0.1, 0.15) is 18.3 Å². The predicted molar refractivity (Wildman–Crippen MR) is 65.7 cm³/mol. The monoisotopic (exact) mass is 308 g/mol. The average molecular weight is 308 g/mol. The lowest BCUT2D eigenvalue weighted by Crippen LogP contribution is -2.21. The zero-order chi connectivity index (χ0) is 16.0. The molecule has 0 unspecified atom stereocenters. The van der Waals surface area contributed by atoms with Gasteiger partial charge in [0.15, 0.2) is 11.5 Å². The van der Waals surface area contributed by atoms with E-state index in [9.17, 15) is 18.0 Å². The highest BCUT2D eigenvalue weighted by Crippen LogP contribution is 2.35. The van der Waals surface area contributed by atoms with Crippen LogP contribution in [0, 0.1) is 0 Å². The number of hydrogen-bond acceptors (Lipinski definition) is 6. The van der Waals surface area contributed by atoms with E-state index >= 15 is 0 Å². The van der Waals surface area contributed by atoms with Gasteiger partial charge in [-0.3, -0.25) is 9.78 Å². The molecule has 1 rings (SSSR count). The third-order valence-corrected chi connectivity index (χ3v) is 2.33. The van der Waals surface area contributed by atoms with Gasteiger partial charge in [-0.1, -0.05) is 0 Å². The number of methoxy groups -OCH3 is 1. The number of nitrogens with zero attached hydrogens (tertiary/aromatic N) is 1. The fourth-order valence-corrected chi connectivity index (χ4v) is 1.57. The number of aromatic nitrogens is 1. The van der Waals surface area contributed by atoms with Crippen molar-refractivity contribution in [1.82, 2.24) is 4.98 Å². The molecule has 0 atom stereocenters. The molecule has 0 aliphatic heterocycles. The molecule has 0 aliphatic carbocycles. The first-order valence-electron chi connectivity index (χ1n) is 5.99. The average Bonchev–Trinajstić information content (AvgIpc) is 2.39. The molecule has 0 spiro atoms. The highest BCUT2D eigenvalue weighted by atomic mass is 19.4. The second kappa shape index (κ2) is 7.11. The summed E-state index contributed by atoms with van der Waals surface area (Å²) in [5.41, 5.74) is 5.43. The van der Waals surface area contributed by atoms with E-state index in [0.29, 0.717) is 0 Å². The normalized spacial score (nSPS) is 11.1. The standard InChI is InChI=1S/C12H15F3N2O4/c1-3-20-10(18)5-8-11(21-12(13,14)15)9(19-2)4-7(6-16)17-8/h4H,3,5-6,16H2,1-2H3. The summed E-state index contributed by atoms with van der Waals surface area (Å²) < 4.78 is 50.8. The van der Waals surface area contributed by atoms with Gasteiger partial charge in [0.25, 0.3) is 0 Å². The van der Waals surface area contributed by atoms with Gasteiger partial charge >= 0.3 is 12.3 Å². The van der Waals surface area contributed by atoms with Gasteiger partial charge in [-0.05, 0) is 6.92 Å².